The molecule has 3 aromatic heterocycles. The van der Waals surface area contributed by atoms with E-state index in [1.165, 1.54) is 22.5 Å². The van der Waals surface area contributed by atoms with Crippen LogP contribution in [0.3, 0.4) is 0 Å². The van der Waals surface area contributed by atoms with Crippen molar-refractivity contribution in [3.8, 4) is 10.6 Å². The highest BCUT2D eigenvalue weighted by Gasteiger charge is 2.33. The van der Waals surface area contributed by atoms with Crippen LogP contribution in [0.4, 0.5) is 8.78 Å². The van der Waals surface area contributed by atoms with Crippen molar-refractivity contribution >= 4 is 40.6 Å². The van der Waals surface area contributed by atoms with Crippen LogP contribution >= 0.6 is 11.3 Å². The molecule has 1 unspecified atom stereocenters. The lowest BCUT2D eigenvalue weighted by Crippen LogP contribution is -2.33. The first-order chi connectivity index (χ1) is 21.6. The van der Waals surface area contributed by atoms with E-state index in [1.54, 1.807) is 10.9 Å². The van der Waals surface area contributed by atoms with E-state index in [-0.39, 0.29) is 35.6 Å². The molecule has 0 aromatic carbocycles. The van der Waals surface area contributed by atoms with Gasteiger partial charge in [-0.3, -0.25) is 14.4 Å². The maximum Gasteiger partial charge on any atom is 0.321 e. The van der Waals surface area contributed by atoms with Crippen LogP contribution in [0.15, 0.2) is 46.9 Å². The number of nitrogens with zero attached hydrogens (tertiary/aromatic N) is 6. The van der Waals surface area contributed by atoms with Crippen molar-refractivity contribution in [3.05, 3.63) is 65.0 Å². The van der Waals surface area contributed by atoms with Gasteiger partial charge in [-0.25, -0.2) is 19.0 Å². The van der Waals surface area contributed by atoms with E-state index in [1.807, 2.05) is 6.92 Å². The lowest BCUT2D eigenvalue weighted by Gasteiger charge is -2.20. The van der Waals surface area contributed by atoms with Crippen molar-refractivity contribution in [1.29, 1.82) is 0 Å². The third kappa shape index (κ3) is 7.68. The topological polar surface area (TPSA) is 187 Å². The summed E-state index contributed by atoms with van der Waals surface area (Å²) in [6.45, 7) is 2.28. The molecule has 0 radical (unpaired) electrons. The zero-order valence-electron chi connectivity index (χ0n) is 24.0. The molecule has 1 fully saturated rings. The molecule has 236 valence electrons. The number of thiazole rings is 1. The quantitative estimate of drug-likeness (QED) is 0.159. The first kappa shape index (κ1) is 31.7. The molecule has 0 bridgehead atoms. The van der Waals surface area contributed by atoms with Gasteiger partial charge in [0.05, 0.1) is 18.7 Å². The SMILES string of the molecule is CCOC1CCC(=[N+]2C=C(NC(=O)c3csc(-c4cnn(COC(=O)CC(N)C(=O)O)c4)n3)C(c3nc(F)ccc3F)=N2)CC1. The van der Waals surface area contributed by atoms with Crippen molar-refractivity contribution in [1.82, 2.24) is 25.1 Å². The molecule has 14 nitrogen and oxygen atoms in total. The molecule has 1 aliphatic carbocycles. The van der Waals surface area contributed by atoms with Crippen LogP contribution in [0.2, 0.25) is 0 Å². The van der Waals surface area contributed by atoms with Crippen LogP contribution in [-0.2, 0) is 25.8 Å². The Balaban J connectivity index is 1.30. The van der Waals surface area contributed by atoms with Gasteiger partial charge in [0.1, 0.15) is 28.1 Å². The smallest absolute Gasteiger partial charge is 0.321 e. The van der Waals surface area contributed by atoms with Gasteiger partial charge in [-0.1, -0.05) is 4.68 Å². The third-order valence-corrected chi connectivity index (χ3v) is 7.80. The molecule has 0 saturated heterocycles. The first-order valence-corrected chi connectivity index (χ1v) is 14.8. The highest BCUT2D eigenvalue weighted by atomic mass is 32.1. The number of rotatable bonds is 11. The molecular weight excluding hydrogens is 614 g/mol. The van der Waals surface area contributed by atoms with Gasteiger partial charge in [-0.15, -0.1) is 11.3 Å². The minimum atomic E-state index is -1.38. The summed E-state index contributed by atoms with van der Waals surface area (Å²) < 4.78 is 42.4. The molecule has 45 heavy (non-hydrogen) atoms. The van der Waals surface area contributed by atoms with Crippen molar-refractivity contribution < 1.29 is 42.4 Å². The number of allylic oxidation sites excluding steroid dienone is 1. The number of nitrogens with two attached hydrogens (primary N) is 1. The molecule has 1 amide bonds. The Bertz CT molecular complexity index is 1710. The lowest BCUT2D eigenvalue weighted by molar-refractivity contribution is -0.461. The van der Waals surface area contributed by atoms with Crippen LogP contribution in [0, 0.1) is 11.8 Å². The molecule has 0 spiro atoms. The van der Waals surface area contributed by atoms with Crippen molar-refractivity contribution in [2.24, 2.45) is 10.8 Å². The number of halogens is 2. The number of carbonyl (C=O) groups is 3. The Hall–Kier alpha value is -4.74. The monoisotopic (exact) mass is 643 g/mol. The van der Waals surface area contributed by atoms with Gasteiger partial charge in [0.2, 0.25) is 12.1 Å². The predicted molar refractivity (Wildman–Crippen MR) is 155 cm³/mol. The molecule has 4 heterocycles. The molecule has 2 aliphatic rings. The van der Waals surface area contributed by atoms with Crippen LogP contribution in [0.25, 0.3) is 10.6 Å². The van der Waals surface area contributed by atoms with Crippen molar-refractivity contribution in [3.63, 3.8) is 0 Å². The largest absolute Gasteiger partial charge is 0.480 e. The average Bonchev–Trinajstić information content (AvgIpc) is 3.78. The fourth-order valence-corrected chi connectivity index (χ4v) is 5.42. The number of aliphatic carboxylic acids is 1. The molecule has 17 heteroatoms. The average molecular weight is 644 g/mol. The van der Waals surface area contributed by atoms with Gasteiger partial charge in [0, 0.05) is 41.7 Å². The van der Waals surface area contributed by atoms with E-state index >= 15 is 0 Å². The zero-order chi connectivity index (χ0) is 32.1. The van der Waals surface area contributed by atoms with Gasteiger partial charge in [-0.05, 0) is 31.9 Å². The summed E-state index contributed by atoms with van der Waals surface area (Å²) >= 11 is 1.15. The normalized spacial score (nSPS) is 17.1. The number of ether oxygens (including phenoxy) is 2. The highest BCUT2D eigenvalue weighted by Crippen LogP contribution is 2.25. The van der Waals surface area contributed by atoms with E-state index in [2.05, 4.69) is 25.5 Å². The number of aromatic nitrogens is 4. The fraction of sp³-hybridized carbons (Fsp3) is 0.357. The summed E-state index contributed by atoms with van der Waals surface area (Å²) in [6.07, 6.45) is 7.10. The number of hydrazone groups is 1. The standard InChI is InChI=1S/C28H28F2N8O6S/c1-2-43-17-5-3-16(4-6-17)38-12-20(25(36-38)24-18(29)7-8-22(30)35-24)33-26(40)21-13-45-27(34-21)15-10-32-37(11-15)14-44-23(39)9-19(31)28(41)42/h7-8,10-13,17,19H,2-6,9,14,31H2,1H3,(H-,33,40,41,42)/p+1. The molecule has 1 aliphatic heterocycles. The van der Waals surface area contributed by atoms with Crippen molar-refractivity contribution in [2.75, 3.05) is 6.61 Å². The molecule has 5 rings (SSSR count). The Morgan fingerprint density at radius 1 is 1.24 bits per heavy atom. The van der Waals surface area contributed by atoms with Gasteiger partial charge in [0.25, 0.3) is 5.91 Å². The molecule has 1 atom stereocenters. The summed E-state index contributed by atoms with van der Waals surface area (Å²) in [5.74, 6) is -4.44. The molecular formula is C28H29F2N8O6S+. The van der Waals surface area contributed by atoms with E-state index in [4.69, 9.17) is 20.3 Å². The number of amides is 1. The van der Waals surface area contributed by atoms with Gasteiger partial charge < -0.3 is 25.6 Å². The highest BCUT2D eigenvalue weighted by molar-refractivity contribution is 7.13. The Morgan fingerprint density at radius 2 is 2.02 bits per heavy atom. The van der Waals surface area contributed by atoms with Crippen LogP contribution in [0.5, 0.6) is 0 Å². The summed E-state index contributed by atoms with van der Waals surface area (Å²) in [7, 11) is 0. The number of carbonyl (C=O) groups excluding carboxylic acids is 2. The maximum atomic E-state index is 14.8. The van der Waals surface area contributed by atoms with E-state index in [0.29, 0.717) is 30.0 Å². The van der Waals surface area contributed by atoms with Gasteiger partial charge >= 0.3 is 11.9 Å². The number of pyridine rings is 1. The zero-order valence-corrected chi connectivity index (χ0v) is 24.8. The Labute approximate surface area is 258 Å². The van der Waals surface area contributed by atoms with Gasteiger partial charge in [0.15, 0.2) is 24.0 Å². The Morgan fingerprint density at radius 3 is 2.76 bits per heavy atom. The summed E-state index contributed by atoms with van der Waals surface area (Å²) in [5, 5.41) is 22.0. The minimum absolute atomic E-state index is 0.0321. The first-order valence-electron chi connectivity index (χ1n) is 13.9. The van der Waals surface area contributed by atoms with Crippen molar-refractivity contribution in [2.45, 2.75) is 57.9 Å². The number of carboxylic acid groups (broad SMARTS) is 1. The second-order valence-corrected chi connectivity index (χ2v) is 10.9. The lowest BCUT2D eigenvalue weighted by atomic mass is 9.95. The summed E-state index contributed by atoms with van der Waals surface area (Å²) in [5.41, 5.74) is 6.60. The summed E-state index contributed by atoms with van der Waals surface area (Å²) in [4.78, 5) is 43.9. The van der Waals surface area contributed by atoms with E-state index < -0.39 is 42.1 Å². The molecule has 1 saturated carbocycles. The second kappa shape index (κ2) is 13.9. The number of nitrogens with one attached hydrogen (secondary N) is 1. The van der Waals surface area contributed by atoms with Crippen LogP contribution in [-0.4, -0.2) is 77.6 Å². The van der Waals surface area contributed by atoms with Crippen LogP contribution in [0.1, 0.15) is 55.2 Å². The van der Waals surface area contributed by atoms with Gasteiger partial charge in [-0.2, -0.15) is 9.49 Å². The van der Waals surface area contributed by atoms with E-state index in [9.17, 15) is 23.2 Å². The minimum Gasteiger partial charge on any atom is -0.480 e. The second-order valence-electron chi connectivity index (χ2n) is 10.1. The number of hydrogen-bond acceptors (Lipinski definition) is 11. The summed E-state index contributed by atoms with van der Waals surface area (Å²) in [6, 6.07) is 0.469. The number of hydrogen-bond donors (Lipinski definition) is 3. The number of carboxylic acids is 1. The predicted octanol–water partition coefficient (Wildman–Crippen LogP) is 2.40. The number of esters is 1. The maximum absolute atomic E-state index is 14.8. The molecule has 3 aromatic rings. The van der Waals surface area contributed by atoms with E-state index in [0.717, 1.165) is 42.0 Å². The molecule has 4 N–H and O–H groups in total. The third-order valence-electron chi connectivity index (χ3n) is 6.91. The Kier molecular flexibility index (Phi) is 9.80. The fourth-order valence-electron chi connectivity index (χ4n) is 4.65. The van der Waals surface area contributed by atoms with Crippen LogP contribution < -0.4 is 11.1 Å².